The lowest BCUT2D eigenvalue weighted by Crippen LogP contribution is -2.55. The Kier molecular flexibility index (Phi) is 16.3. The van der Waals surface area contributed by atoms with Crippen LogP contribution in [0.25, 0.3) is 21.5 Å². The number of carboxylic acids is 2. The maximum atomic E-state index is 15.2. The van der Waals surface area contributed by atoms with E-state index in [1.54, 1.807) is 0 Å². The second-order valence-corrected chi connectivity index (χ2v) is 16.0. The van der Waals surface area contributed by atoms with Crippen molar-refractivity contribution in [2.24, 2.45) is 29.2 Å². The number of carbonyl (C=O) groups is 5. The number of nitrogens with one attached hydrogen (secondary N) is 1. The van der Waals surface area contributed by atoms with E-state index < -0.39 is 72.3 Å². The third-order valence-electron chi connectivity index (χ3n) is 10.4. The summed E-state index contributed by atoms with van der Waals surface area (Å²) >= 11 is 0. The summed E-state index contributed by atoms with van der Waals surface area (Å²) in [6.07, 6.45) is -1.53. The molecule has 0 heterocycles. The van der Waals surface area contributed by atoms with Crippen LogP contribution in [-0.4, -0.2) is 80.2 Å². The van der Waals surface area contributed by atoms with Crippen LogP contribution in [-0.2, 0) is 36.8 Å². The number of aliphatic hydroxyl groups is 1. The molecule has 12 heteroatoms. The fraction of sp³-hybridized carbons (Fsp3) is 0.444. The van der Waals surface area contributed by atoms with Crippen molar-refractivity contribution in [2.45, 2.75) is 109 Å². The number of rotatable bonds is 21. The third-order valence-corrected chi connectivity index (χ3v) is 10.4. The summed E-state index contributed by atoms with van der Waals surface area (Å²) in [5.41, 5.74) is 13.6. The van der Waals surface area contributed by atoms with Crippen LogP contribution in [0, 0.1) is 17.8 Å². The Morgan fingerprint density at radius 1 is 0.667 bits per heavy atom. The van der Waals surface area contributed by atoms with Crippen molar-refractivity contribution < 1.29 is 39.3 Å². The highest BCUT2D eigenvalue weighted by atomic mass is 16.4. The van der Waals surface area contributed by atoms with Crippen molar-refractivity contribution in [1.82, 2.24) is 10.2 Å². The highest BCUT2D eigenvalue weighted by Crippen LogP contribution is 2.29. The molecule has 8 N–H and O–H groups in total. The fourth-order valence-corrected chi connectivity index (χ4v) is 7.53. The molecule has 12 nitrogen and oxygen atoms in total. The molecule has 0 radical (unpaired) electrons. The first kappa shape index (κ1) is 44.5. The first-order valence-corrected chi connectivity index (χ1v) is 19.8. The molecule has 0 fully saturated rings. The van der Waals surface area contributed by atoms with Gasteiger partial charge >= 0.3 is 11.9 Å². The summed E-state index contributed by atoms with van der Waals surface area (Å²) in [4.78, 5) is 68.2. The lowest BCUT2D eigenvalue weighted by Gasteiger charge is -2.33. The molecule has 5 atom stereocenters. The summed E-state index contributed by atoms with van der Waals surface area (Å²) in [5, 5.41) is 38.1. The van der Waals surface area contributed by atoms with Crippen LogP contribution < -0.4 is 16.8 Å². The molecule has 0 aliphatic heterocycles. The summed E-state index contributed by atoms with van der Waals surface area (Å²) in [6.45, 7) is 7.65. The molecule has 0 saturated heterocycles. The monoisotopic (exact) mass is 782 g/mol. The smallest absolute Gasteiger partial charge is 0.326 e. The fourth-order valence-electron chi connectivity index (χ4n) is 7.53. The molecule has 0 aliphatic carbocycles. The molecule has 3 amide bonds. The summed E-state index contributed by atoms with van der Waals surface area (Å²) in [5.74, 6) is -5.71. The van der Waals surface area contributed by atoms with Crippen molar-refractivity contribution in [2.75, 3.05) is 0 Å². The van der Waals surface area contributed by atoms with Gasteiger partial charge in [0.2, 0.25) is 17.7 Å². The summed E-state index contributed by atoms with van der Waals surface area (Å²) in [6, 6.07) is 22.2. The molecule has 2 unspecified atom stereocenters. The van der Waals surface area contributed by atoms with Crippen LogP contribution in [0.1, 0.15) is 77.3 Å². The number of carbonyl (C=O) groups excluding carboxylic acids is 3. The Hall–Kier alpha value is -5.17. The zero-order valence-electron chi connectivity index (χ0n) is 33.3. The molecule has 0 bridgehead atoms. The topological polar surface area (TPSA) is 213 Å². The van der Waals surface area contributed by atoms with Crippen LogP contribution in [0.5, 0.6) is 0 Å². The molecule has 57 heavy (non-hydrogen) atoms. The van der Waals surface area contributed by atoms with Crippen LogP contribution in [0.2, 0.25) is 0 Å². The molecule has 306 valence electrons. The first-order chi connectivity index (χ1) is 27.1. The number of nitrogens with zero attached hydrogens (tertiary/aromatic N) is 1. The zero-order chi connectivity index (χ0) is 41.8. The lowest BCUT2D eigenvalue weighted by atomic mass is 9.87. The predicted molar refractivity (Wildman–Crippen MR) is 221 cm³/mol. The first-order valence-electron chi connectivity index (χ1n) is 19.8. The average molecular weight is 783 g/mol. The van der Waals surface area contributed by atoms with Gasteiger partial charge in [-0.2, -0.15) is 0 Å². The van der Waals surface area contributed by atoms with Crippen LogP contribution >= 0.6 is 0 Å². The Morgan fingerprint density at radius 3 is 1.67 bits per heavy atom. The Morgan fingerprint density at radius 2 is 1.18 bits per heavy atom. The normalized spacial score (nSPS) is 14.4. The quantitative estimate of drug-likeness (QED) is 0.0630. The Labute approximate surface area is 334 Å². The second kappa shape index (κ2) is 20.8. The molecule has 4 aromatic carbocycles. The Bertz CT molecular complexity index is 1920. The van der Waals surface area contributed by atoms with Gasteiger partial charge < -0.3 is 32.1 Å². The number of fused-ring (bicyclic) bond motifs is 2. The van der Waals surface area contributed by atoms with Crippen LogP contribution in [0.15, 0.2) is 84.9 Å². The van der Waals surface area contributed by atoms with E-state index in [0.717, 1.165) is 37.6 Å². The number of hydrogen-bond acceptors (Lipinski definition) is 8. The maximum Gasteiger partial charge on any atom is 0.326 e. The minimum atomic E-state index is -1.70. The maximum absolute atomic E-state index is 15.2. The second-order valence-electron chi connectivity index (χ2n) is 16.0. The van der Waals surface area contributed by atoms with Gasteiger partial charge in [0.05, 0.1) is 24.6 Å². The lowest BCUT2D eigenvalue weighted by molar-refractivity contribution is -0.161. The summed E-state index contributed by atoms with van der Waals surface area (Å²) in [7, 11) is 0. The number of benzene rings is 4. The molecule has 0 saturated carbocycles. The van der Waals surface area contributed by atoms with Gasteiger partial charge in [-0.15, -0.1) is 0 Å². The highest BCUT2D eigenvalue weighted by molar-refractivity contribution is 6.01. The number of hydrogen-bond donors (Lipinski definition) is 6. The molecular weight excluding hydrogens is 725 g/mol. The minimum Gasteiger partial charge on any atom is -0.480 e. The largest absolute Gasteiger partial charge is 0.480 e. The predicted octanol–water partition coefficient (Wildman–Crippen LogP) is 5.44. The third kappa shape index (κ3) is 12.4. The van der Waals surface area contributed by atoms with Crippen LogP contribution in [0.3, 0.4) is 0 Å². The van der Waals surface area contributed by atoms with Crippen LogP contribution in [0.4, 0.5) is 0 Å². The van der Waals surface area contributed by atoms with E-state index in [1.807, 2.05) is 113 Å². The molecule has 0 spiro atoms. The van der Waals surface area contributed by atoms with E-state index in [2.05, 4.69) is 5.32 Å². The van der Waals surface area contributed by atoms with Crippen molar-refractivity contribution in [3.63, 3.8) is 0 Å². The van der Waals surface area contributed by atoms with E-state index in [4.69, 9.17) is 11.5 Å². The van der Waals surface area contributed by atoms with Gasteiger partial charge in [-0.05, 0) is 89.5 Å². The molecule has 4 aromatic rings. The number of carboxylic acid groups (broad SMARTS) is 2. The Balaban J connectivity index is 1.78. The van der Waals surface area contributed by atoms with Gasteiger partial charge in [0, 0.05) is 5.92 Å². The number of aliphatic carboxylic acids is 2. The van der Waals surface area contributed by atoms with E-state index >= 15 is 4.79 Å². The van der Waals surface area contributed by atoms with Gasteiger partial charge in [0.15, 0.2) is 0 Å². The molecule has 0 aliphatic rings. The van der Waals surface area contributed by atoms with Gasteiger partial charge in [-0.25, -0.2) is 4.79 Å². The van der Waals surface area contributed by atoms with Gasteiger partial charge in [-0.1, -0.05) is 113 Å². The number of nitrogens with two attached hydrogens (primary N) is 2. The summed E-state index contributed by atoms with van der Waals surface area (Å²) < 4.78 is 0. The number of imide groups is 1. The minimum absolute atomic E-state index is 0.0128. The number of amides is 3. The average Bonchev–Trinajstić information content (AvgIpc) is 3.16. The van der Waals surface area contributed by atoms with Crippen molar-refractivity contribution >= 4 is 51.2 Å². The van der Waals surface area contributed by atoms with Gasteiger partial charge in [0.1, 0.15) is 12.1 Å². The van der Waals surface area contributed by atoms with Gasteiger partial charge in [-0.3, -0.25) is 24.1 Å². The van der Waals surface area contributed by atoms with Crippen molar-refractivity contribution in [1.29, 1.82) is 0 Å². The van der Waals surface area contributed by atoms with Gasteiger partial charge in [0.25, 0.3) is 0 Å². The molecular formula is C45H58N4O8. The van der Waals surface area contributed by atoms with Crippen molar-refractivity contribution in [3.05, 3.63) is 96.1 Å². The van der Waals surface area contributed by atoms with E-state index in [0.29, 0.717) is 6.42 Å². The zero-order valence-corrected chi connectivity index (χ0v) is 33.3. The van der Waals surface area contributed by atoms with Crippen molar-refractivity contribution in [3.8, 4) is 0 Å². The standard InChI is InChI=1S/C45H58N4O8/c1-27(2)22-37(47)42(52)48-38(23-28(3)4)40(50)26-41(51)49(39(45(56)57)21-11-20-36(46)44(54)55)43(53)33(24-31-16-9-14-29-12-5-7-18-34(29)31)25-32-17-10-15-30-13-6-8-19-35(30)32/h5-10,12-19,27-28,33,36-40,50H,11,20-26,46-47H2,1-4H3,(H,48,52)(H,54,55)(H,56,57)/t36?,37-,38-,39?,40-/m0/s1. The molecule has 0 aromatic heterocycles. The SMILES string of the molecule is CC(C)C[C@H](NC(=O)[C@@H](N)CC(C)C)[C@@H](O)CC(=O)N(C(=O)C(Cc1cccc2ccccc12)Cc1cccc2ccccc12)C(CCCC(N)C(=O)O)C(=O)O. The van der Waals surface area contributed by atoms with E-state index in [-0.39, 0.29) is 50.4 Å². The molecule has 4 rings (SSSR count). The van der Waals surface area contributed by atoms with E-state index in [9.17, 15) is 34.5 Å². The number of aliphatic hydroxyl groups excluding tert-OH is 1. The highest BCUT2D eigenvalue weighted by Gasteiger charge is 2.40. The van der Waals surface area contributed by atoms with E-state index in [1.165, 1.54) is 0 Å².